The highest BCUT2D eigenvalue weighted by atomic mass is 35.5. The van der Waals surface area contributed by atoms with Crippen LogP contribution in [0.15, 0.2) is 18.2 Å². The summed E-state index contributed by atoms with van der Waals surface area (Å²) >= 11 is 6.02. The minimum atomic E-state index is 0.501. The van der Waals surface area contributed by atoms with Crippen LogP contribution < -0.4 is 4.74 Å². The summed E-state index contributed by atoms with van der Waals surface area (Å²) in [7, 11) is 0. The van der Waals surface area contributed by atoms with E-state index in [1.54, 1.807) is 18.2 Å². The maximum atomic E-state index is 8.72. The molecule has 1 rings (SSSR count). The molecule has 1 unspecified atom stereocenters. The largest absolute Gasteiger partial charge is 0.492 e. The van der Waals surface area contributed by atoms with Gasteiger partial charge in [0.2, 0.25) is 0 Å². The van der Waals surface area contributed by atoms with E-state index in [0.717, 1.165) is 6.42 Å². The molecule has 0 aliphatic carbocycles. The SMILES string of the molecule is CC(C)CC(C)COc1ccc(C#N)cc1Cl. The van der Waals surface area contributed by atoms with Gasteiger partial charge in [0.15, 0.2) is 0 Å². The summed E-state index contributed by atoms with van der Waals surface area (Å²) in [5.41, 5.74) is 0.553. The highest BCUT2D eigenvalue weighted by Crippen LogP contribution is 2.26. The quantitative estimate of drug-likeness (QED) is 0.783. The molecule has 0 bridgehead atoms. The number of hydrogen-bond acceptors (Lipinski definition) is 2. The first kappa shape index (κ1) is 13.9. The third-order valence-corrected chi connectivity index (χ3v) is 2.75. The van der Waals surface area contributed by atoms with Crippen molar-refractivity contribution in [3.8, 4) is 11.8 Å². The molecule has 0 heterocycles. The molecule has 1 atom stereocenters. The van der Waals surface area contributed by atoms with Gasteiger partial charge >= 0.3 is 0 Å². The summed E-state index contributed by atoms with van der Waals surface area (Å²) in [6, 6.07) is 7.14. The Morgan fingerprint density at radius 3 is 2.59 bits per heavy atom. The molecule has 0 aliphatic heterocycles. The summed E-state index contributed by atoms with van der Waals surface area (Å²) in [4.78, 5) is 0. The predicted molar refractivity (Wildman–Crippen MR) is 70.3 cm³/mol. The maximum Gasteiger partial charge on any atom is 0.137 e. The molecule has 0 N–H and O–H groups in total. The summed E-state index contributed by atoms with van der Waals surface area (Å²) in [5, 5.41) is 9.22. The van der Waals surface area contributed by atoms with Crippen LogP contribution in [0.4, 0.5) is 0 Å². The Morgan fingerprint density at radius 1 is 1.35 bits per heavy atom. The van der Waals surface area contributed by atoms with E-state index in [2.05, 4.69) is 20.8 Å². The fourth-order valence-electron chi connectivity index (χ4n) is 1.79. The topological polar surface area (TPSA) is 33.0 Å². The first-order valence-corrected chi connectivity index (χ1v) is 6.23. The Hall–Kier alpha value is -1.20. The van der Waals surface area contributed by atoms with E-state index in [0.29, 0.717) is 34.8 Å². The first-order chi connectivity index (χ1) is 8.02. The summed E-state index contributed by atoms with van der Waals surface area (Å²) in [6.45, 7) is 7.22. The minimum absolute atomic E-state index is 0.501. The molecule has 0 saturated heterocycles. The molecule has 1 aromatic rings. The minimum Gasteiger partial charge on any atom is -0.492 e. The van der Waals surface area contributed by atoms with Gasteiger partial charge in [0.05, 0.1) is 23.3 Å². The molecule has 2 nitrogen and oxygen atoms in total. The van der Waals surface area contributed by atoms with Crippen LogP contribution in [-0.2, 0) is 0 Å². The van der Waals surface area contributed by atoms with Crippen LogP contribution in [0.25, 0.3) is 0 Å². The second kappa shape index (κ2) is 6.51. The van der Waals surface area contributed by atoms with Crippen molar-refractivity contribution >= 4 is 11.6 Å². The summed E-state index contributed by atoms with van der Waals surface area (Å²) in [5.74, 6) is 1.83. The van der Waals surface area contributed by atoms with Crippen molar-refractivity contribution in [3.05, 3.63) is 28.8 Å². The second-order valence-corrected chi connectivity index (χ2v) is 5.21. The average Bonchev–Trinajstić information content (AvgIpc) is 2.26. The summed E-state index contributed by atoms with van der Waals surface area (Å²) < 4.78 is 5.66. The zero-order valence-corrected chi connectivity index (χ0v) is 11.3. The number of nitrogens with zero attached hydrogens (tertiary/aromatic N) is 1. The highest BCUT2D eigenvalue weighted by molar-refractivity contribution is 6.32. The number of ether oxygens (including phenoxy) is 1. The van der Waals surface area contributed by atoms with Crippen molar-refractivity contribution in [1.29, 1.82) is 5.26 Å². The van der Waals surface area contributed by atoms with E-state index in [1.165, 1.54) is 0 Å². The van der Waals surface area contributed by atoms with Crippen LogP contribution in [-0.4, -0.2) is 6.61 Å². The van der Waals surface area contributed by atoms with Crippen LogP contribution in [0.5, 0.6) is 5.75 Å². The van der Waals surface area contributed by atoms with Gasteiger partial charge in [-0.2, -0.15) is 5.26 Å². The molecule has 0 aliphatic rings. The van der Waals surface area contributed by atoms with Crippen molar-refractivity contribution in [3.63, 3.8) is 0 Å². The van der Waals surface area contributed by atoms with E-state index < -0.39 is 0 Å². The molecule has 92 valence electrons. The molecule has 0 aromatic heterocycles. The van der Waals surface area contributed by atoms with E-state index >= 15 is 0 Å². The van der Waals surface area contributed by atoms with Gasteiger partial charge in [0, 0.05) is 0 Å². The van der Waals surface area contributed by atoms with Gasteiger partial charge in [0.1, 0.15) is 5.75 Å². The first-order valence-electron chi connectivity index (χ1n) is 5.85. The normalized spacial score (nSPS) is 12.2. The van der Waals surface area contributed by atoms with Gasteiger partial charge in [-0.3, -0.25) is 0 Å². The number of nitriles is 1. The lowest BCUT2D eigenvalue weighted by atomic mass is 10.00. The van der Waals surface area contributed by atoms with Crippen molar-refractivity contribution in [2.45, 2.75) is 27.2 Å². The van der Waals surface area contributed by atoms with Gasteiger partial charge in [-0.25, -0.2) is 0 Å². The van der Waals surface area contributed by atoms with Crippen molar-refractivity contribution in [2.24, 2.45) is 11.8 Å². The number of halogens is 1. The van der Waals surface area contributed by atoms with Crippen molar-refractivity contribution < 1.29 is 4.74 Å². The van der Waals surface area contributed by atoms with Crippen LogP contribution >= 0.6 is 11.6 Å². The molecule has 0 fully saturated rings. The van der Waals surface area contributed by atoms with Gasteiger partial charge in [-0.15, -0.1) is 0 Å². The number of hydrogen-bond donors (Lipinski definition) is 0. The fourth-order valence-corrected chi connectivity index (χ4v) is 2.03. The molecule has 0 amide bonds. The Labute approximate surface area is 108 Å². The van der Waals surface area contributed by atoms with E-state index in [4.69, 9.17) is 21.6 Å². The highest BCUT2D eigenvalue weighted by Gasteiger charge is 2.08. The predicted octanol–water partition coefficient (Wildman–Crippen LogP) is 4.27. The Kier molecular flexibility index (Phi) is 5.31. The zero-order valence-electron chi connectivity index (χ0n) is 10.5. The second-order valence-electron chi connectivity index (χ2n) is 4.80. The Balaban J connectivity index is 2.55. The molecule has 0 saturated carbocycles. The maximum absolute atomic E-state index is 8.72. The lowest BCUT2D eigenvalue weighted by Gasteiger charge is -2.15. The molecular weight excluding hydrogens is 234 g/mol. The van der Waals surface area contributed by atoms with Crippen molar-refractivity contribution in [1.82, 2.24) is 0 Å². The monoisotopic (exact) mass is 251 g/mol. The molecule has 3 heteroatoms. The third kappa shape index (κ3) is 4.66. The fraction of sp³-hybridized carbons (Fsp3) is 0.500. The van der Waals surface area contributed by atoms with Gasteiger partial charge in [0.25, 0.3) is 0 Å². The molecule has 0 radical (unpaired) electrons. The van der Waals surface area contributed by atoms with Crippen LogP contribution in [0.1, 0.15) is 32.8 Å². The Morgan fingerprint density at radius 2 is 2.06 bits per heavy atom. The smallest absolute Gasteiger partial charge is 0.137 e. The lowest BCUT2D eigenvalue weighted by molar-refractivity contribution is 0.239. The van der Waals surface area contributed by atoms with Crippen LogP contribution in [0.3, 0.4) is 0 Å². The number of rotatable bonds is 5. The van der Waals surface area contributed by atoms with E-state index in [9.17, 15) is 0 Å². The molecule has 17 heavy (non-hydrogen) atoms. The molecule has 1 aromatic carbocycles. The van der Waals surface area contributed by atoms with Gasteiger partial charge in [-0.1, -0.05) is 32.4 Å². The van der Waals surface area contributed by atoms with Gasteiger partial charge < -0.3 is 4.74 Å². The van der Waals surface area contributed by atoms with E-state index in [1.807, 2.05) is 6.07 Å². The van der Waals surface area contributed by atoms with Crippen molar-refractivity contribution in [2.75, 3.05) is 6.61 Å². The lowest BCUT2D eigenvalue weighted by Crippen LogP contribution is -2.11. The zero-order chi connectivity index (χ0) is 12.8. The van der Waals surface area contributed by atoms with E-state index in [-0.39, 0.29) is 0 Å². The van der Waals surface area contributed by atoms with Crippen LogP contribution in [0, 0.1) is 23.2 Å². The number of benzene rings is 1. The Bertz CT molecular complexity index is 409. The molecular formula is C14H18ClNO. The van der Waals surface area contributed by atoms with Gasteiger partial charge in [-0.05, 0) is 36.5 Å². The third-order valence-electron chi connectivity index (χ3n) is 2.46. The molecule has 0 spiro atoms. The van der Waals surface area contributed by atoms with Crippen LogP contribution in [0.2, 0.25) is 5.02 Å². The summed E-state index contributed by atoms with van der Waals surface area (Å²) in [6.07, 6.45) is 1.13. The average molecular weight is 252 g/mol. The standard InChI is InChI=1S/C14H18ClNO/c1-10(2)6-11(3)9-17-14-5-4-12(8-16)7-13(14)15/h4-5,7,10-11H,6,9H2,1-3H3.